The highest BCUT2D eigenvalue weighted by molar-refractivity contribution is 7.15. The van der Waals surface area contributed by atoms with Crippen LogP contribution in [0, 0.1) is 10.8 Å². The van der Waals surface area contributed by atoms with Crippen LogP contribution in [-0.4, -0.2) is 90.4 Å². The summed E-state index contributed by atoms with van der Waals surface area (Å²) < 4.78 is 39.7. The summed E-state index contributed by atoms with van der Waals surface area (Å²) >= 11 is 0. The molecule has 1 atom stereocenters. The molecule has 52 heavy (non-hydrogen) atoms. The Morgan fingerprint density at radius 2 is 1.15 bits per heavy atom. The molecule has 1 N–H and O–H groups in total. The number of hydrogen-bond donors (Lipinski definition) is 1. The topological polar surface area (TPSA) is 110 Å². The van der Waals surface area contributed by atoms with Gasteiger partial charge >= 0.3 is 0 Å². The first kappa shape index (κ1) is 41.5. The number of aldehydes is 1. The maximum atomic E-state index is 11.5. The molecule has 0 spiro atoms. The van der Waals surface area contributed by atoms with E-state index in [1.54, 1.807) is 6.92 Å². The van der Waals surface area contributed by atoms with E-state index in [9.17, 15) is 9.90 Å². The van der Waals surface area contributed by atoms with Crippen LogP contribution in [0.2, 0.25) is 0 Å². The first-order valence-corrected chi connectivity index (χ1v) is 20.9. The predicted octanol–water partition coefficient (Wildman–Crippen LogP) is 7.91. The molecule has 298 valence electrons. The van der Waals surface area contributed by atoms with Crippen molar-refractivity contribution in [1.29, 1.82) is 0 Å². The van der Waals surface area contributed by atoms with Crippen molar-refractivity contribution >= 4 is 15.5 Å². The van der Waals surface area contributed by atoms with Crippen molar-refractivity contribution in [2.45, 2.75) is 150 Å². The molecule has 11 heteroatoms. The number of aromatic nitrogens is 4. The highest BCUT2D eigenvalue weighted by atomic mass is 31.0. The highest BCUT2D eigenvalue weighted by Gasteiger charge is 2.40. The first-order valence-electron chi connectivity index (χ1n) is 21.5. The largest absolute Gasteiger partial charge is 0.390 e. The van der Waals surface area contributed by atoms with Gasteiger partial charge in [0.25, 0.3) is 0 Å². The third-order valence-corrected chi connectivity index (χ3v) is 11.5. The van der Waals surface area contributed by atoms with Gasteiger partial charge < -0.3 is 24.1 Å². The van der Waals surface area contributed by atoms with Gasteiger partial charge in [-0.25, -0.2) is 0 Å². The van der Waals surface area contributed by atoms with E-state index in [2.05, 4.69) is 42.6 Å². The molecule has 0 aromatic carbocycles. The standard InChI is InChI=1S/C19H32N2O3.C19H30N2O3.C2H6.CH5P/c2*1-3-23-13-19(14-24-4-2)9-7-15(8-10-19)18-16(12-22)20-21-11-5-6-17(18)21;2*1-2/h15,22H,3-14H2,1-2H3;12,15H,3-11,13-14H2,1-2H3;1-2H3;2H2,1H3/i;;2*1D. The number of fused-ring (bicyclic) bond motifs is 2. The summed E-state index contributed by atoms with van der Waals surface area (Å²) in [5.74, 6) is 0.994. The third kappa shape index (κ3) is 11.2. The summed E-state index contributed by atoms with van der Waals surface area (Å²) in [6.45, 7) is 19.2. The molecule has 6 rings (SSSR count). The van der Waals surface area contributed by atoms with Gasteiger partial charge in [-0.1, -0.05) is 20.5 Å². The number of nitrogens with zero attached hydrogens (tertiary/aromatic N) is 4. The number of ether oxygens (including phenoxy) is 4. The van der Waals surface area contributed by atoms with Crippen molar-refractivity contribution in [3.63, 3.8) is 0 Å². The highest BCUT2D eigenvalue weighted by Crippen LogP contribution is 2.47. The van der Waals surface area contributed by atoms with Gasteiger partial charge in [0.15, 0.2) is 6.29 Å². The third-order valence-electron chi connectivity index (χ3n) is 11.5. The fourth-order valence-corrected chi connectivity index (χ4v) is 8.88. The Bertz CT molecular complexity index is 1320. The molecule has 2 fully saturated rings. The molecule has 4 aliphatic rings. The minimum absolute atomic E-state index is 0.0644. The van der Waals surface area contributed by atoms with Crippen molar-refractivity contribution in [2.24, 2.45) is 10.8 Å². The van der Waals surface area contributed by atoms with Crippen LogP contribution < -0.4 is 0 Å². The number of rotatable bonds is 16. The number of aliphatic hydroxyl groups is 1. The lowest BCUT2D eigenvalue weighted by atomic mass is 9.69. The number of aliphatic hydroxyl groups excluding tert-OH is 1. The second-order valence-corrected chi connectivity index (χ2v) is 14.6. The van der Waals surface area contributed by atoms with Crippen LogP contribution in [0.5, 0.6) is 0 Å². The molecule has 2 aromatic heterocycles. The molecule has 2 saturated carbocycles. The average molecular weight is 751 g/mol. The van der Waals surface area contributed by atoms with Crippen LogP contribution in [0.3, 0.4) is 0 Å². The fraction of sp³-hybridized carbons (Fsp3) is 0.829. The summed E-state index contributed by atoms with van der Waals surface area (Å²) in [7, 11) is 2.25. The Labute approximate surface area is 320 Å². The Balaban J connectivity index is 0.000000254. The summed E-state index contributed by atoms with van der Waals surface area (Å²) in [5, 5.41) is 18.9. The van der Waals surface area contributed by atoms with Gasteiger partial charge in [-0.15, -0.1) is 9.24 Å². The minimum atomic E-state index is 0.0644. The molecule has 0 saturated heterocycles. The number of carbonyl (C=O) groups is 1. The molecule has 2 aliphatic carbocycles. The van der Waals surface area contributed by atoms with E-state index in [0.717, 1.165) is 149 Å². The van der Waals surface area contributed by atoms with E-state index in [1.807, 2.05) is 13.8 Å². The number of carbonyl (C=O) groups excluding carboxylic acids is 1. The maximum absolute atomic E-state index is 11.5. The predicted molar refractivity (Wildman–Crippen MR) is 213 cm³/mol. The molecule has 1 unspecified atom stereocenters. The number of hydrogen-bond acceptors (Lipinski definition) is 8. The first-order chi connectivity index (χ1) is 26.3. The van der Waals surface area contributed by atoms with Crippen molar-refractivity contribution in [3.8, 4) is 0 Å². The van der Waals surface area contributed by atoms with Crippen LogP contribution in [-0.2, 0) is 51.5 Å². The minimum Gasteiger partial charge on any atom is -0.390 e. The van der Waals surface area contributed by atoms with Crippen LogP contribution in [0.25, 0.3) is 0 Å². The fourth-order valence-electron chi connectivity index (χ4n) is 8.88. The zero-order valence-corrected chi connectivity index (χ0v) is 34.4. The normalized spacial score (nSPS) is 19.5. The summed E-state index contributed by atoms with van der Waals surface area (Å²) in [4.78, 5) is 11.5. The van der Waals surface area contributed by atoms with E-state index >= 15 is 0 Å². The quantitative estimate of drug-likeness (QED) is 0.136. The second kappa shape index (κ2) is 23.3. The van der Waals surface area contributed by atoms with E-state index in [0.29, 0.717) is 31.1 Å². The molecule has 0 radical (unpaired) electrons. The van der Waals surface area contributed by atoms with E-state index in [-0.39, 0.29) is 17.4 Å². The van der Waals surface area contributed by atoms with E-state index in [4.69, 9.17) is 21.7 Å². The van der Waals surface area contributed by atoms with Gasteiger partial charge in [0.1, 0.15) is 5.69 Å². The molecule has 0 bridgehead atoms. The number of aryl methyl sites for hydroxylation is 2. The molecular formula is C41H73N4O6P. The van der Waals surface area contributed by atoms with Crippen molar-refractivity contribution in [1.82, 2.24) is 19.6 Å². The van der Waals surface area contributed by atoms with Gasteiger partial charge in [0.2, 0.25) is 0 Å². The summed E-state index contributed by atoms with van der Waals surface area (Å²) in [6.07, 6.45) is 14.4. The van der Waals surface area contributed by atoms with Crippen LogP contribution in [0.4, 0.5) is 0 Å². The van der Waals surface area contributed by atoms with Gasteiger partial charge in [-0.2, -0.15) is 10.2 Å². The molecule has 2 aliphatic heterocycles. The Kier molecular flexibility index (Phi) is 18.6. The monoisotopic (exact) mass is 751 g/mol. The van der Waals surface area contributed by atoms with Crippen molar-refractivity contribution in [2.75, 3.05) is 59.5 Å². The van der Waals surface area contributed by atoms with E-state index < -0.39 is 0 Å². The molecule has 2 aromatic rings. The van der Waals surface area contributed by atoms with Crippen molar-refractivity contribution < 1.29 is 31.6 Å². The van der Waals surface area contributed by atoms with Gasteiger partial charge in [0.05, 0.1) is 38.7 Å². The second-order valence-electron chi connectivity index (χ2n) is 14.6. The Morgan fingerprint density at radius 3 is 1.54 bits per heavy atom. The van der Waals surface area contributed by atoms with Gasteiger partial charge in [0, 0.05) is 75.6 Å². The lowest BCUT2D eigenvalue weighted by molar-refractivity contribution is -0.0396. The lowest BCUT2D eigenvalue weighted by Gasteiger charge is -2.40. The SMILES string of the molecule is CCOCC1(COCC)CCC(c2c(C=O)nn3c2CCC3)CC1.CCOCC1(COCC)CCC(c2c(CO)nn3c2CCC3)CC1.[2H]CC.[2H]CP. The molecular weight excluding hydrogens is 675 g/mol. The zero-order valence-electron chi connectivity index (χ0n) is 35.3. The van der Waals surface area contributed by atoms with Crippen LogP contribution in [0.15, 0.2) is 0 Å². The molecule has 10 nitrogen and oxygen atoms in total. The van der Waals surface area contributed by atoms with E-state index in [1.165, 1.54) is 28.9 Å². The van der Waals surface area contributed by atoms with Crippen LogP contribution >= 0.6 is 9.24 Å². The Hall–Kier alpha value is -1.68. The average Bonchev–Trinajstić information content (AvgIpc) is 3.99. The lowest BCUT2D eigenvalue weighted by Crippen LogP contribution is -2.36. The van der Waals surface area contributed by atoms with Crippen molar-refractivity contribution in [3.05, 3.63) is 33.9 Å². The van der Waals surface area contributed by atoms with Gasteiger partial charge in [-0.3, -0.25) is 14.2 Å². The van der Waals surface area contributed by atoms with Crippen LogP contribution in [0.1, 0.15) is 159 Å². The summed E-state index contributed by atoms with van der Waals surface area (Å²) in [6, 6.07) is 0. The smallest absolute Gasteiger partial charge is 0.170 e. The summed E-state index contributed by atoms with van der Waals surface area (Å²) in [5.41, 5.74) is 7.18. The Morgan fingerprint density at radius 1 is 0.769 bits per heavy atom. The maximum Gasteiger partial charge on any atom is 0.170 e. The molecule has 0 amide bonds. The molecule has 4 heterocycles. The van der Waals surface area contributed by atoms with Gasteiger partial charge in [-0.05, 0) is 117 Å². The zero-order chi connectivity index (χ0) is 39.4.